The molecule has 3 heteroatoms. The first-order chi connectivity index (χ1) is 9.02. The summed E-state index contributed by atoms with van der Waals surface area (Å²) >= 11 is 0. The first-order valence-corrected chi connectivity index (χ1v) is 6.93. The van der Waals surface area contributed by atoms with Gasteiger partial charge in [0.1, 0.15) is 5.75 Å². The standard InChI is InChI=1S/C16H24O3/c1-5-18-8-6-7-16(17)19-15-10-13(4)9-14(11-15)12(2)3/h9-12H,5-8H2,1-4H3. The molecule has 0 amide bonds. The van der Waals surface area contributed by atoms with Crippen LogP contribution in [-0.2, 0) is 9.53 Å². The Morgan fingerprint density at radius 1 is 1.26 bits per heavy atom. The maximum atomic E-state index is 11.7. The molecule has 0 aromatic heterocycles. The largest absolute Gasteiger partial charge is 0.427 e. The number of ether oxygens (including phenoxy) is 2. The van der Waals surface area contributed by atoms with Crippen LogP contribution in [0.4, 0.5) is 0 Å². The monoisotopic (exact) mass is 264 g/mol. The third kappa shape index (κ3) is 5.88. The number of rotatable bonds is 7. The molecule has 0 aliphatic rings. The average molecular weight is 264 g/mol. The summed E-state index contributed by atoms with van der Waals surface area (Å²) in [6.45, 7) is 9.50. The van der Waals surface area contributed by atoms with Crippen molar-refractivity contribution in [2.75, 3.05) is 13.2 Å². The van der Waals surface area contributed by atoms with Gasteiger partial charge >= 0.3 is 5.97 Å². The van der Waals surface area contributed by atoms with Crippen LogP contribution in [0.2, 0.25) is 0 Å². The quantitative estimate of drug-likeness (QED) is 0.426. The molecule has 1 aromatic carbocycles. The van der Waals surface area contributed by atoms with Gasteiger partial charge in [0.05, 0.1) is 0 Å². The Kier molecular flexibility index (Phi) is 6.57. The molecule has 0 radical (unpaired) electrons. The van der Waals surface area contributed by atoms with Crippen molar-refractivity contribution >= 4 is 5.97 Å². The van der Waals surface area contributed by atoms with Crippen LogP contribution in [0.3, 0.4) is 0 Å². The molecule has 19 heavy (non-hydrogen) atoms. The van der Waals surface area contributed by atoms with Gasteiger partial charge in [0, 0.05) is 19.6 Å². The van der Waals surface area contributed by atoms with E-state index in [9.17, 15) is 4.79 Å². The fourth-order valence-corrected chi connectivity index (χ4v) is 1.81. The van der Waals surface area contributed by atoms with E-state index in [1.165, 1.54) is 5.56 Å². The van der Waals surface area contributed by atoms with E-state index in [0.717, 1.165) is 5.56 Å². The number of esters is 1. The van der Waals surface area contributed by atoms with Crippen molar-refractivity contribution in [3.05, 3.63) is 29.3 Å². The third-order valence-electron chi connectivity index (χ3n) is 2.85. The molecule has 3 nitrogen and oxygen atoms in total. The smallest absolute Gasteiger partial charge is 0.311 e. The molecule has 0 unspecified atom stereocenters. The van der Waals surface area contributed by atoms with E-state index in [4.69, 9.17) is 9.47 Å². The summed E-state index contributed by atoms with van der Waals surface area (Å²) in [4.78, 5) is 11.7. The second-order valence-corrected chi connectivity index (χ2v) is 5.01. The Labute approximate surface area is 115 Å². The molecule has 1 rings (SSSR count). The molecule has 0 bridgehead atoms. The average Bonchev–Trinajstić information content (AvgIpc) is 2.34. The number of carbonyl (C=O) groups is 1. The van der Waals surface area contributed by atoms with Crippen molar-refractivity contribution in [3.63, 3.8) is 0 Å². The van der Waals surface area contributed by atoms with E-state index < -0.39 is 0 Å². The van der Waals surface area contributed by atoms with Gasteiger partial charge in [-0.05, 0) is 49.4 Å². The van der Waals surface area contributed by atoms with E-state index in [1.54, 1.807) is 0 Å². The Morgan fingerprint density at radius 3 is 2.63 bits per heavy atom. The van der Waals surface area contributed by atoms with E-state index in [2.05, 4.69) is 19.9 Å². The molecule has 0 heterocycles. The van der Waals surface area contributed by atoms with Gasteiger partial charge in [-0.3, -0.25) is 4.79 Å². The van der Waals surface area contributed by atoms with Gasteiger partial charge in [-0.25, -0.2) is 0 Å². The lowest BCUT2D eigenvalue weighted by Gasteiger charge is -2.10. The second kappa shape index (κ2) is 7.95. The highest BCUT2D eigenvalue weighted by molar-refractivity contribution is 5.72. The van der Waals surface area contributed by atoms with Crippen molar-refractivity contribution in [1.29, 1.82) is 0 Å². The van der Waals surface area contributed by atoms with E-state index in [1.807, 2.05) is 26.0 Å². The van der Waals surface area contributed by atoms with Crippen LogP contribution in [-0.4, -0.2) is 19.2 Å². The number of hydrogen-bond acceptors (Lipinski definition) is 3. The van der Waals surface area contributed by atoms with Crippen LogP contribution in [0, 0.1) is 6.92 Å². The molecule has 106 valence electrons. The number of benzene rings is 1. The lowest BCUT2D eigenvalue weighted by molar-refractivity contribution is -0.134. The predicted octanol–water partition coefficient (Wildman–Crippen LogP) is 3.84. The van der Waals surface area contributed by atoms with Crippen molar-refractivity contribution in [1.82, 2.24) is 0 Å². The normalized spacial score (nSPS) is 10.8. The molecule has 0 spiro atoms. The SMILES string of the molecule is CCOCCCC(=O)Oc1cc(C)cc(C(C)C)c1. The van der Waals surface area contributed by atoms with Gasteiger partial charge < -0.3 is 9.47 Å². The molecule has 0 aliphatic carbocycles. The van der Waals surface area contributed by atoms with Crippen LogP contribution in [0.5, 0.6) is 5.75 Å². The highest BCUT2D eigenvalue weighted by atomic mass is 16.5. The van der Waals surface area contributed by atoms with Gasteiger partial charge in [0.25, 0.3) is 0 Å². The molecule has 1 aromatic rings. The summed E-state index contributed by atoms with van der Waals surface area (Å²) in [5.41, 5.74) is 2.31. The predicted molar refractivity (Wildman–Crippen MR) is 76.6 cm³/mol. The molecule has 0 aliphatic heterocycles. The summed E-state index contributed by atoms with van der Waals surface area (Å²) in [5.74, 6) is 0.875. The zero-order valence-electron chi connectivity index (χ0n) is 12.4. The molecular weight excluding hydrogens is 240 g/mol. The molecule has 0 fully saturated rings. The maximum absolute atomic E-state index is 11.7. The van der Waals surface area contributed by atoms with Gasteiger partial charge in [-0.15, -0.1) is 0 Å². The van der Waals surface area contributed by atoms with E-state index in [0.29, 0.717) is 37.7 Å². The van der Waals surface area contributed by atoms with Crippen LogP contribution in [0.1, 0.15) is 50.7 Å². The summed E-state index contributed by atoms with van der Waals surface area (Å²) in [6.07, 6.45) is 1.10. The Morgan fingerprint density at radius 2 is 2.00 bits per heavy atom. The van der Waals surface area contributed by atoms with E-state index in [-0.39, 0.29) is 5.97 Å². The first-order valence-electron chi connectivity index (χ1n) is 6.93. The Hall–Kier alpha value is -1.35. The van der Waals surface area contributed by atoms with Crippen molar-refractivity contribution in [2.24, 2.45) is 0 Å². The summed E-state index contributed by atoms with van der Waals surface area (Å²) in [7, 11) is 0. The Balaban J connectivity index is 2.54. The summed E-state index contributed by atoms with van der Waals surface area (Å²) < 4.78 is 10.6. The highest BCUT2D eigenvalue weighted by Crippen LogP contribution is 2.23. The zero-order chi connectivity index (χ0) is 14.3. The van der Waals surface area contributed by atoms with Crippen LogP contribution in [0.25, 0.3) is 0 Å². The number of carbonyl (C=O) groups excluding carboxylic acids is 1. The minimum atomic E-state index is -0.194. The molecule has 0 saturated carbocycles. The zero-order valence-corrected chi connectivity index (χ0v) is 12.4. The molecule has 0 atom stereocenters. The first kappa shape index (κ1) is 15.7. The van der Waals surface area contributed by atoms with Crippen LogP contribution < -0.4 is 4.74 Å². The molecule has 0 saturated heterocycles. The second-order valence-electron chi connectivity index (χ2n) is 5.01. The molecular formula is C16H24O3. The van der Waals surface area contributed by atoms with Crippen molar-refractivity contribution < 1.29 is 14.3 Å². The minimum absolute atomic E-state index is 0.194. The molecule has 0 N–H and O–H groups in total. The van der Waals surface area contributed by atoms with Gasteiger partial charge in [0.2, 0.25) is 0 Å². The number of hydrogen-bond donors (Lipinski definition) is 0. The highest BCUT2D eigenvalue weighted by Gasteiger charge is 2.08. The minimum Gasteiger partial charge on any atom is -0.427 e. The van der Waals surface area contributed by atoms with Crippen molar-refractivity contribution in [2.45, 2.75) is 46.5 Å². The maximum Gasteiger partial charge on any atom is 0.311 e. The van der Waals surface area contributed by atoms with Crippen LogP contribution in [0.15, 0.2) is 18.2 Å². The van der Waals surface area contributed by atoms with Gasteiger partial charge in [-0.2, -0.15) is 0 Å². The summed E-state index contributed by atoms with van der Waals surface area (Å²) in [5, 5.41) is 0. The number of aryl methyl sites for hydroxylation is 1. The Bertz CT molecular complexity index is 410. The lowest BCUT2D eigenvalue weighted by Crippen LogP contribution is -2.09. The lowest BCUT2D eigenvalue weighted by atomic mass is 10.0. The van der Waals surface area contributed by atoms with Crippen LogP contribution >= 0.6 is 0 Å². The fourth-order valence-electron chi connectivity index (χ4n) is 1.81. The topological polar surface area (TPSA) is 35.5 Å². The van der Waals surface area contributed by atoms with Crippen molar-refractivity contribution in [3.8, 4) is 5.75 Å². The van der Waals surface area contributed by atoms with E-state index >= 15 is 0 Å². The van der Waals surface area contributed by atoms with Gasteiger partial charge in [0.15, 0.2) is 0 Å². The third-order valence-corrected chi connectivity index (χ3v) is 2.85. The summed E-state index contributed by atoms with van der Waals surface area (Å²) in [6, 6.07) is 5.96. The fraction of sp³-hybridized carbons (Fsp3) is 0.562. The van der Waals surface area contributed by atoms with Gasteiger partial charge in [-0.1, -0.05) is 19.9 Å².